The molecule has 0 spiro atoms. The van der Waals surface area contributed by atoms with E-state index in [-0.39, 0.29) is 18.2 Å². The molecule has 2 N–H and O–H groups in total. The van der Waals surface area contributed by atoms with Crippen LogP contribution in [0.1, 0.15) is 31.7 Å². The quantitative estimate of drug-likeness (QED) is 0.811. The lowest BCUT2D eigenvalue weighted by Crippen LogP contribution is -2.42. The fraction of sp³-hybridized carbons (Fsp3) is 0.438. The van der Waals surface area contributed by atoms with E-state index < -0.39 is 12.0 Å². The van der Waals surface area contributed by atoms with Crippen LogP contribution in [0, 0.1) is 12.8 Å². The smallest absolute Gasteiger partial charge is 0.326 e. The highest BCUT2D eigenvalue weighted by atomic mass is 32.1. The Kier molecular flexibility index (Phi) is 5.54. The molecule has 2 heterocycles. The zero-order chi connectivity index (χ0) is 17.0. The lowest BCUT2D eigenvalue weighted by molar-refractivity contribution is -0.142. The van der Waals surface area contributed by atoms with Crippen LogP contribution in [0.3, 0.4) is 0 Å². The van der Waals surface area contributed by atoms with Crippen LogP contribution in [0.4, 0.5) is 0 Å². The van der Waals surface area contributed by atoms with Gasteiger partial charge in [0, 0.05) is 10.9 Å². The number of hydrogen-bond acceptors (Lipinski definition) is 5. The molecule has 6 nitrogen and oxygen atoms in total. The summed E-state index contributed by atoms with van der Waals surface area (Å²) in [4.78, 5) is 27.6. The largest absolute Gasteiger partial charge is 0.480 e. The summed E-state index contributed by atoms with van der Waals surface area (Å²) in [6.45, 7) is 5.57. The maximum atomic E-state index is 12.1. The molecule has 0 saturated carbocycles. The first kappa shape index (κ1) is 17.2. The number of carboxylic acids is 1. The van der Waals surface area contributed by atoms with E-state index in [0.717, 1.165) is 5.56 Å². The second-order valence-electron chi connectivity index (χ2n) is 5.80. The molecule has 0 aliphatic rings. The third-order valence-electron chi connectivity index (χ3n) is 3.33. The summed E-state index contributed by atoms with van der Waals surface area (Å²) < 4.78 is 5.58. The van der Waals surface area contributed by atoms with E-state index in [1.807, 2.05) is 30.7 Å². The fourth-order valence-electron chi connectivity index (χ4n) is 2.19. The van der Waals surface area contributed by atoms with Crippen LogP contribution in [0.5, 0.6) is 0 Å². The first-order chi connectivity index (χ1) is 10.9. The molecule has 1 amide bonds. The normalized spacial score (nSPS) is 12.3. The number of carbonyl (C=O) groups excluding carboxylic acids is 1. The first-order valence-corrected chi connectivity index (χ1v) is 8.32. The monoisotopic (exact) mass is 336 g/mol. The molecule has 2 aromatic rings. The molecule has 0 bridgehead atoms. The molecule has 0 fully saturated rings. The Morgan fingerprint density at radius 3 is 2.74 bits per heavy atom. The zero-order valence-corrected chi connectivity index (χ0v) is 14.1. The molecule has 0 radical (unpaired) electrons. The Balaban J connectivity index is 2.04. The van der Waals surface area contributed by atoms with Crippen LogP contribution in [0.25, 0.3) is 11.5 Å². The lowest BCUT2D eigenvalue weighted by Gasteiger charge is -2.16. The summed E-state index contributed by atoms with van der Waals surface area (Å²) in [7, 11) is 0. The molecule has 0 saturated heterocycles. The molecule has 23 heavy (non-hydrogen) atoms. The summed E-state index contributed by atoms with van der Waals surface area (Å²) in [6.07, 6.45) is 0.389. The number of oxazole rings is 1. The van der Waals surface area contributed by atoms with E-state index >= 15 is 0 Å². The molecule has 7 heteroatoms. The van der Waals surface area contributed by atoms with E-state index in [1.54, 1.807) is 6.92 Å². The van der Waals surface area contributed by atoms with Crippen molar-refractivity contribution in [2.45, 2.75) is 39.7 Å². The number of thiophene rings is 1. The molecule has 124 valence electrons. The van der Waals surface area contributed by atoms with Gasteiger partial charge in [-0.1, -0.05) is 13.8 Å². The molecular formula is C16H20N2O4S. The van der Waals surface area contributed by atoms with Gasteiger partial charge < -0.3 is 14.8 Å². The molecule has 0 aromatic carbocycles. The fourth-order valence-corrected chi connectivity index (χ4v) is 2.82. The van der Waals surface area contributed by atoms with Gasteiger partial charge in [0.05, 0.1) is 12.1 Å². The molecule has 0 aliphatic heterocycles. The van der Waals surface area contributed by atoms with E-state index in [9.17, 15) is 14.7 Å². The van der Waals surface area contributed by atoms with Crippen molar-refractivity contribution in [3.63, 3.8) is 0 Å². The molecule has 1 atom stereocenters. The third kappa shape index (κ3) is 4.66. The number of hydrogen-bond donors (Lipinski definition) is 2. The van der Waals surface area contributed by atoms with E-state index in [4.69, 9.17) is 4.42 Å². The Morgan fingerprint density at radius 1 is 1.43 bits per heavy atom. The number of nitrogens with one attached hydrogen (secondary N) is 1. The van der Waals surface area contributed by atoms with Crippen molar-refractivity contribution in [3.05, 3.63) is 28.3 Å². The van der Waals surface area contributed by atoms with Crippen molar-refractivity contribution in [2.75, 3.05) is 0 Å². The Morgan fingerprint density at radius 2 is 2.17 bits per heavy atom. The second kappa shape index (κ2) is 7.41. The highest BCUT2D eigenvalue weighted by molar-refractivity contribution is 7.08. The molecule has 2 aromatic heterocycles. The predicted octanol–water partition coefficient (Wildman–Crippen LogP) is 2.87. The average Bonchev–Trinajstić information content (AvgIpc) is 3.08. The number of aliphatic carboxylic acids is 1. The number of nitrogens with zero attached hydrogens (tertiary/aromatic N) is 1. The number of amides is 1. The van der Waals surface area contributed by atoms with Crippen LogP contribution >= 0.6 is 11.3 Å². The molecular weight excluding hydrogens is 316 g/mol. The van der Waals surface area contributed by atoms with Crippen molar-refractivity contribution in [1.29, 1.82) is 0 Å². The predicted molar refractivity (Wildman–Crippen MR) is 87.3 cm³/mol. The van der Waals surface area contributed by atoms with Crippen molar-refractivity contribution in [3.8, 4) is 11.5 Å². The van der Waals surface area contributed by atoms with Gasteiger partial charge >= 0.3 is 5.97 Å². The topological polar surface area (TPSA) is 92.4 Å². The van der Waals surface area contributed by atoms with Gasteiger partial charge in [0.2, 0.25) is 11.8 Å². The Bertz CT molecular complexity index is 676. The maximum Gasteiger partial charge on any atom is 0.326 e. The van der Waals surface area contributed by atoms with E-state index in [1.165, 1.54) is 11.3 Å². The Labute approximate surface area is 138 Å². The SMILES string of the molecule is Cc1oc(-c2ccsc2)nc1CC(=O)N[C@H](CC(C)C)C(=O)O. The van der Waals surface area contributed by atoms with Crippen molar-refractivity contribution < 1.29 is 19.1 Å². The molecule has 2 rings (SSSR count). The molecule has 0 aliphatic carbocycles. The van der Waals surface area contributed by atoms with Gasteiger partial charge in [-0.3, -0.25) is 4.79 Å². The Hall–Kier alpha value is -2.15. The van der Waals surface area contributed by atoms with Gasteiger partial charge in [0.25, 0.3) is 0 Å². The number of rotatable bonds is 7. The van der Waals surface area contributed by atoms with Gasteiger partial charge in [-0.15, -0.1) is 0 Å². The average molecular weight is 336 g/mol. The van der Waals surface area contributed by atoms with Crippen molar-refractivity contribution in [1.82, 2.24) is 10.3 Å². The summed E-state index contributed by atoms with van der Waals surface area (Å²) in [5, 5.41) is 15.6. The van der Waals surface area contributed by atoms with Crippen LogP contribution in [0.15, 0.2) is 21.2 Å². The highest BCUT2D eigenvalue weighted by Gasteiger charge is 2.22. The number of aromatic nitrogens is 1. The van der Waals surface area contributed by atoms with Gasteiger partial charge in [0.1, 0.15) is 11.8 Å². The minimum Gasteiger partial charge on any atom is -0.480 e. The lowest BCUT2D eigenvalue weighted by atomic mass is 10.0. The van der Waals surface area contributed by atoms with Crippen molar-refractivity contribution in [2.24, 2.45) is 5.92 Å². The maximum absolute atomic E-state index is 12.1. The standard InChI is InChI=1S/C16H20N2O4S/c1-9(2)6-13(16(20)21)17-14(19)7-12-10(3)22-15(18-12)11-4-5-23-8-11/h4-5,8-9,13H,6-7H2,1-3H3,(H,17,19)(H,20,21)/t13-/m1/s1. The minimum absolute atomic E-state index is 0.00134. The highest BCUT2D eigenvalue weighted by Crippen LogP contribution is 2.24. The number of aryl methyl sites for hydroxylation is 1. The van der Waals surface area contributed by atoms with Gasteiger partial charge in [-0.05, 0) is 30.7 Å². The van der Waals surface area contributed by atoms with E-state index in [2.05, 4.69) is 10.3 Å². The van der Waals surface area contributed by atoms with Crippen LogP contribution in [-0.4, -0.2) is 28.0 Å². The summed E-state index contributed by atoms with van der Waals surface area (Å²) in [6, 6.07) is 1.01. The van der Waals surface area contributed by atoms with Gasteiger partial charge in [-0.2, -0.15) is 11.3 Å². The van der Waals surface area contributed by atoms with Crippen molar-refractivity contribution >= 4 is 23.2 Å². The summed E-state index contributed by atoms with van der Waals surface area (Å²) in [5.74, 6) is -0.176. The van der Waals surface area contributed by atoms with E-state index in [0.29, 0.717) is 23.8 Å². The summed E-state index contributed by atoms with van der Waals surface area (Å²) in [5.41, 5.74) is 1.39. The van der Waals surface area contributed by atoms with Crippen LogP contribution in [-0.2, 0) is 16.0 Å². The number of carboxylic acid groups (broad SMARTS) is 1. The van der Waals surface area contributed by atoms with Gasteiger partial charge in [-0.25, -0.2) is 9.78 Å². The third-order valence-corrected chi connectivity index (χ3v) is 4.01. The summed E-state index contributed by atoms with van der Waals surface area (Å²) >= 11 is 1.54. The van der Waals surface area contributed by atoms with Crippen LogP contribution < -0.4 is 5.32 Å². The minimum atomic E-state index is -1.03. The first-order valence-electron chi connectivity index (χ1n) is 7.38. The number of carbonyl (C=O) groups is 2. The van der Waals surface area contributed by atoms with Gasteiger partial charge in [0.15, 0.2) is 0 Å². The molecule has 0 unspecified atom stereocenters. The zero-order valence-electron chi connectivity index (χ0n) is 13.3. The second-order valence-corrected chi connectivity index (χ2v) is 6.58. The van der Waals surface area contributed by atoms with Crippen LogP contribution in [0.2, 0.25) is 0 Å².